The van der Waals surface area contributed by atoms with Gasteiger partial charge in [-0.1, -0.05) is 19.1 Å². The first-order chi connectivity index (χ1) is 10.9. The highest BCUT2D eigenvalue weighted by molar-refractivity contribution is 7.94. The molecule has 1 aromatic carbocycles. The highest BCUT2D eigenvalue weighted by Gasteiger charge is 2.24. The van der Waals surface area contributed by atoms with Crippen LogP contribution in [0.1, 0.15) is 22.8 Å². The molecule has 0 saturated carbocycles. The van der Waals surface area contributed by atoms with Crippen molar-refractivity contribution in [1.82, 2.24) is 10.3 Å². The van der Waals surface area contributed by atoms with Crippen LogP contribution in [0.3, 0.4) is 0 Å². The first kappa shape index (κ1) is 15.5. The lowest BCUT2D eigenvalue weighted by molar-refractivity contribution is 0.0946. The van der Waals surface area contributed by atoms with Gasteiger partial charge in [-0.25, -0.2) is 8.42 Å². The maximum absolute atomic E-state index is 12.2. The van der Waals surface area contributed by atoms with Crippen molar-refractivity contribution in [2.45, 2.75) is 19.4 Å². The Hall–Kier alpha value is -2.41. The molecule has 1 aliphatic rings. The molecule has 0 fully saturated rings. The quantitative estimate of drug-likeness (QED) is 0.880. The fourth-order valence-corrected chi connectivity index (χ4v) is 3.78. The van der Waals surface area contributed by atoms with Gasteiger partial charge in [-0.05, 0) is 35.6 Å². The second-order valence-electron chi connectivity index (χ2n) is 5.53. The zero-order valence-corrected chi connectivity index (χ0v) is 13.3. The average molecular weight is 332 g/mol. The molecular weight excluding hydrogens is 316 g/mol. The third-order valence-electron chi connectivity index (χ3n) is 3.81. The maximum Gasteiger partial charge on any atom is 0.261 e. The Bertz CT molecular complexity index is 973. The van der Waals surface area contributed by atoms with Crippen molar-refractivity contribution in [2.24, 2.45) is 0 Å². The van der Waals surface area contributed by atoms with Crippen LogP contribution >= 0.6 is 0 Å². The van der Waals surface area contributed by atoms with Crippen LogP contribution in [0.2, 0.25) is 0 Å². The molecule has 0 radical (unpaired) electrons. The van der Waals surface area contributed by atoms with E-state index in [-0.39, 0.29) is 11.3 Å². The van der Waals surface area contributed by atoms with Crippen molar-refractivity contribution in [3.63, 3.8) is 0 Å². The van der Waals surface area contributed by atoms with Gasteiger partial charge in [0.2, 0.25) is 0 Å². The van der Waals surface area contributed by atoms with Crippen molar-refractivity contribution < 1.29 is 13.2 Å². The number of fused-ring (bicyclic) bond motifs is 1. The highest BCUT2D eigenvalue weighted by Crippen LogP contribution is 2.14. The van der Waals surface area contributed by atoms with Crippen LogP contribution in [0.4, 0.5) is 0 Å². The Morgan fingerprint density at radius 1 is 1.35 bits per heavy atom. The summed E-state index contributed by atoms with van der Waals surface area (Å²) in [4.78, 5) is 27.1. The fourth-order valence-electron chi connectivity index (χ4n) is 2.55. The molecule has 0 spiro atoms. The second-order valence-corrected chi connectivity index (χ2v) is 7.46. The van der Waals surface area contributed by atoms with Crippen LogP contribution in [0.15, 0.2) is 40.5 Å². The summed E-state index contributed by atoms with van der Waals surface area (Å²) in [6.45, 7) is 2.02. The molecule has 1 aliphatic heterocycles. The number of rotatable bonds is 3. The van der Waals surface area contributed by atoms with Crippen molar-refractivity contribution in [1.29, 1.82) is 0 Å². The summed E-state index contributed by atoms with van der Waals surface area (Å²) in [7, 11) is -3.26. The summed E-state index contributed by atoms with van der Waals surface area (Å²) in [6, 6.07) is 6.58. The summed E-state index contributed by atoms with van der Waals surface area (Å²) in [6.07, 6.45) is 2.26. The van der Waals surface area contributed by atoms with Crippen molar-refractivity contribution >= 4 is 26.6 Å². The molecule has 2 N–H and O–H groups in total. The molecule has 3 rings (SSSR count). The minimum atomic E-state index is -3.26. The molecule has 0 unspecified atom stereocenters. The van der Waals surface area contributed by atoms with E-state index in [1.807, 2.05) is 25.1 Å². The zero-order chi connectivity index (χ0) is 16.6. The van der Waals surface area contributed by atoms with E-state index in [2.05, 4.69) is 10.3 Å². The van der Waals surface area contributed by atoms with E-state index in [0.717, 1.165) is 22.8 Å². The topological polar surface area (TPSA) is 96.1 Å². The van der Waals surface area contributed by atoms with E-state index in [9.17, 15) is 18.0 Å². The third kappa shape index (κ3) is 3.19. The zero-order valence-electron chi connectivity index (χ0n) is 12.5. The number of sulfone groups is 1. The van der Waals surface area contributed by atoms with Gasteiger partial charge in [0.05, 0.1) is 11.8 Å². The summed E-state index contributed by atoms with van der Waals surface area (Å²) >= 11 is 0. The summed E-state index contributed by atoms with van der Waals surface area (Å²) < 4.78 is 22.7. The van der Waals surface area contributed by atoms with Gasteiger partial charge in [-0.3, -0.25) is 9.59 Å². The molecule has 2 aromatic rings. The van der Waals surface area contributed by atoms with Crippen molar-refractivity contribution in [2.75, 3.05) is 5.75 Å². The van der Waals surface area contributed by atoms with E-state index in [1.165, 1.54) is 12.1 Å². The number of carbonyl (C=O) groups is 1. The Labute approximate surface area is 133 Å². The van der Waals surface area contributed by atoms with E-state index in [4.69, 9.17) is 0 Å². The lowest BCUT2D eigenvalue weighted by Crippen LogP contribution is -2.38. The number of amides is 1. The number of carbonyl (C=O) groups excluding carboxylic acids is 1. The first-order valence-corrected chi connectivity index (χ1v) is 8.97. The predicted molar refractivity (Wildman–Crippen MR) is 88.1 cm³/mol. The molecular formula is C16H16N2O4S. The monoisotopic (exact) mass is 332 g/mol. The van der Waals surface area contributed by atoms with E-state index >= 15 is 0 Å². The Morgan fingerprint density at radius 2 is 2.13 bits per heavy atom. The van der Waals surface area contributed by atoms with Crippen LogP contribution in [0, 0.1) is 0 Å². The van der Waals surface area contributed by atoms with Gasteiger partial charge in [0.25, 0.3) is 11.5 Å². The Balaban J connectivity index is 1.90. The highest BCUT2D eigenvalue weighted by atomic mass is 32.2. The number of hydrogen-bond donors (Lipinski definition) is 2. The third-order valence-corrected chi connectivity index (χ3v) is 5.21. The molecule has 1 atom stereocenters. The molecule has 2 heterocycles. The predicted octanol–water partition coefficient (Wildman–Crippen LogP) is 1.13. The minimum absolute atomic E-state index is 0.0283. The van der Waals surface area contributed by atoms with Crippen LogP contribution < -0.4 is 10.9 Å². The standard InChI is InChI=1S/C16H16N2O4S/c1-2-10-3-4-11-8-13(16(20)18-14(11)7-10)15(19)17-12-5-6-23(21,22)9-12/h3-8,12H,2,9H2,1H3,(H,17,19)(H,18,20)/t12-/m1/s1. The minimum Gasteiger partial charge on any atom is -0.345 e. The van der Waals surface area contributed by atoms with Gasteiger partial charge in [0, 0.05) is 10.9 Å². The largest absolute Gasteiger partial charge is 0.345 e. The van der Waals surface area contributed by atoms with Crippen LogP contribution in [-0.2, 0) is 16.3 Å². The lowest BCUT2D eigenvalue weighted by atomic mass is 10.1. The Kier molecular flexibility index (Phi) is 3.81. The number of pyridine rings is 1. The molecule has 0 bridgehead atoms. The van der Waals surface area contributed by atoms with E-state index in [0.29, 0.717) is 5.52 Å². The lowest BCUT2D eigenvalue weighted by Gasteiger charge is -2.10. The van der Waals surface area contributed by atoms with Gasteiger partial charge in [-0.2, -0.15) is 0 Å². The number of aryl methyl sites for hydroxylation is 1. The van der Waals surface area contributed by atoms with Crippen LogP contribution in [-0.4, -0.2) is 31.1 Å². The molecule has 0 aliphatic carbocycles. The summed E-state index contributed by atoms with van der Waals surface area (Å²) in [5, 5.41) is 4.38. The van der Waals surface area contributed by atoms with Gasteiger partial charge in [0.1, 0.15) is 5.56 Å². The fraction of sp³-hybridized carbons (Fsp3) is 0.250. The number of benzene rings is 1. The molecule has 6 nitrogen and oxygen atoms in total. The number of hydrogen-bond acceptors (Lipinski definition) is 4. The SMILES string of the molecule is CCc1ccc2cc(C(=O)N[C@@H]3C=CS(=O)(=O)C3)c(=O)[nH]c2c1. The van der Waals surface area contributed by atoms with Crippen molar-refractivity contribution in [3.8, 4) is 0 Å². The van der Waals surface area contributed by atoms with E-state index in [1.54, 1.807) is 0 Å². The maximum atomic E-state index is 12.2. The molecule has 0 saturated heterocycles. The van der Waals surface area contributed by atoms with Gasteiger partial charge < -0.3 is 10.3 Å². The van der Waals surface area contributed by atoms with Crippen LogP contribution in [0.25, 0.3) is 10.9 Å². The molecule has 1 aromatic heterocycles. The normalized spacial score (nSPS) is 19.1. The number of nitrogens with one attached hydrogen (secondary N) is 2. The van der Waals surface area contributed by atoms with Gasteiger partial charge >= 0.3 is 0 Å². The van der Waals surface area contributed by atoms with Crippen molar-refractivity contribution in [3.05, 3.63) is 57.2 Å². The Morgan fingerprint density at radius 3 is 2.78 bits per heavy atom. The molecule has 120 valence electrons. The number of aromatic nitrogens is 1. The van der Waals surface area contributed by atoms with Gasteiger partial charge in [0.15, 0.2) is 9.84 Å². The molecule has 1 amide bonds. The second kappa shape index (κ2) is 5.66. The first-order valence-electron chi connectivity index (χ1n) is 7.26. The molecule has 23 heavy (non-hydrogen) atoms. The number of aromatic amines is 1. The number of H-pyrrole nitrogens is 1. The average Bonchev–Trinajstić information content (AvgIpc) is 2.84. The summed E-state index contributed by atoms with van der Waals surface area (Å²) in [5.74, 6) is -0.760. The van der Waals surface area contributed by atoms with E-state index < -0.39 is 27.3 Å². The summed E-state index contributed by atoms with van der Waals surface area (Å²) in [5.41, 5.74) is 1.24. The van der Waals surface area contributed by atoms with Crippen LogP contribution in [0.5, 0.6) is 0 Å². The molecule has 7 heteroatoms. The smallest absolute Gasteiger partial charge is 0.261 e. The van der Waals surface area contributed by atoms with Gasteiger partial charge in [-0.15, -0.1) is 0 Å².